The molecular weight excluding hydrogens is 251 g/mol. The summed E-state index contributed by atoms with van der Waals surface area (Å²) in [6.07, 6.45) is 0. The Morgan fingerprint density at radius 2 is 2.23 bits per heavy atom. The zero-order valence-corrected chi connectivity index (χ0v) is 9.32. The van der Waals surface area contributed by atoms with E-state index in [1.54, 1.807) is 0 Å². The van der Waals surface area contributed by atoms with Crippen LogP contribution in [0, 0.1) is 0 Å². The molecule has 0 atom stereocenters. The molecule has 0 amide bonds. The first-order valence-corrected chi connectivity index (χ1v) is 5.35. The SMILES string of the molecule is Clc1ccc(NC2CNC2)cc1Br. The zero-order chi connectivity index (χ0) is 9.26. The average Bonchev–Trinajstić information content (AvgIpc) is 2.04. The molecule has 1 aromatic rings. The van der Waals surface area contributed by atoms with Gasteiger partial charge >= 0.3 is 0 Å². The zero-order valence-electron chi connectivity index (χ0n) is 6.98. The van der Waals surface area contributed by atoms with Crippen LogP contribution in [0.5, 0.6) is 0 Å². The highest BCUT2D eigenvalue weighted by atomic mass is 79.9. The van der Waals surface area contributed by atoms with Crippen LogP contribution in [0.1, 0.15) is 0 Å². The third-order valence-corrected chi connectivity index (χ3v) is 3.29. The van der Waals surface area contributed by atoms with E-state index in [0.717, 1.165) is 28.3 Å². The molecule has 1 heterocycles. The second-order valence-electron chi connectivity index (χ2n) is 3.13. The second kappa shape index (κ2) is 3.86. The van der Waals surface area contributed by atoms with Crippen LogP contribution in [0.15, 0.2) is 22.7 Å². The molecule has 0 bridgehead atoms. The van der Waals surface area contributed by atoms with Crippen LogP contribution < -0.4 is 10.6 Å². The van der Waals surface area contributed by atoms with E-state index in [1.807, 2.05) is 18.2 Å². The average molecular weight is 262 g/mol. The molecule has 2 nitrogen and oxygen atoms in total. The largest absolute Gasteiger partial charge is 0.380 e. The van der Waals surface area contributed by atoms with Gasteiger partial charge in [-0.2, -0.15) is 0 Å². The van der Waals surface area contributed by atoms with Crippen molar-refractivity contribution in [3.63, 3.8) is 0 Å². The summed E-state index contributed by atoms with van der Waals surface area (Å²) in [4.78, 5) is 0. The standard InChI is InChI=1S/C9H10BrClN2/c10-8-3-6(1-2-9(8)11)13-7-4-12-5-7/h1-3,7,12-13H,4-5H2. The van der Waals surface area contributed by atoms with E-state index in [4.69, 9.17) is 11.6 Å². The van der Waals surface area contributed by atoms with Crippen molar-refractivity contribution in [2.24, 2.45) is 0 Å². The summed E-state index contributed by atoms with van der Waals surface area (Å²) in [5.74, 6) is 0. The lowest BCUT2D eigenvalue weighted by Gasteiger charge is -2.29. The minimum absolute atomic E-state index is 0.563. The van der Waals surface area contributed by atoms with Crippen molar-refractivity contribution in [2.75, 3.05) is 18.4 Å². The fourth-order valence-electron chi connectivity index (χ4n) is 1.21. The Labute approximate surface area is 90.8 Å². The van der Waals surface area contributed by atoms with Gasteiger partial charge in [0.1, 0.15) is 0 Å². The quantitative estimate of drug-likeness (QED) is 0.855. The number of halogens is 2. The van der Waals surface area contributed by atoms with Crippen LogP contribution in [-0.4, -0.2) is 19.1 Å². The summed E-state index contributed by atoms with van der Waals surface area (Å²) in [7, 11) is 0. The van der Waals surface area contributed by atoms with E-state index in [1.165, 1.54) is 0 Å². The number of anilines is 1. The van der Waals surface area contributed by atoms with Crippen LogP contribution in [0.2, 0.25) is 5.02 Å². The lowest BCUT2D eigenvalue weighted by Crippen LogP contribution is -2.51. The maximum absolute atomic E-state index is 5.88. The Bertz CT molecular complexity index is 312. The van der Waals surface area contributed by atoms with Gasteiger partial charge in [0.2, 0.25) is 0 Å². The van der Waals surface area contributed by atoms with Gasteiger partial charge in [-0.15, -0.1) is 0 Å². The molecule has 13 heavy (non-hydrogen) atoms. The van der Waals surface area contributed by atoms with Crippen molar-refractivity contribution in [3.05, 3.63) is 27.7 Å². The molecule has 1 saturated heterocycles. The number of benzene rings is 1. The Hall–Kier alpha value is -0.250. The van der Waals surface area contributed by atoms with Crippen molar-refractivity contribution in [3.8, 4) is 0 Å². The first-order valence-electron chi connectivity index (χ1n) is 4.18. The van der Waals surface area contributed by atoms with E-state index in [0.29, 0.717) is 6.04 Å². The van der Waals surface area contributed by atoms with E-state index in [2.05, 4.69) is 26.6 Å². The topological polar surface area (TPSA) is 24.1 Å². The minimum Gasteiger partial charge on any atom is -0.380 e. The maximum atomic E-state index is 5.88. The molecule has 0 radical (unpaired) electrons. The molecule has 2 N–H and O–H groups in total. The minimum atomic E-state index is 0.563. The molecule has 0 saturated carbocycles. The Morgan fingerprint density at radius 1 is 1.46 bits per heavy atom. The third-order valence-electron chi connectivity index (χ3n) is 2.07. The normalized spacial score (nSPS) is 16.8. The monoisotopic (exact) mass is 260 g/mol. The molecule has 70 valence electrons. The fraction of sp³-hybridized carbons (Fsp3) is 0.333. The number of hydrogen-bond donors (Lipinski definition) is 2. The predicted octanol–water partition coefficient (Wildman–Crippen LogP) is 2.49. The van der Waals surface area contributed by atoms with Gasteiger partial charge in [0.15, 0.2) is 0 Å². The molecule has 2 rings (SSSR count). The van der Waals surface area contributed by atoms with Crippen molar-refractivity contribution < 1.29 is 0 Å². The highest BCUT2D eigenvalue weighted by Gasteiger charge is 2.15. The summed E-state index contributed by atoms with van der Waals surface area (Å²) < 4.78 is 0.937. The highest BCUT2D eigenvalue weighted by Crippen LogP contribution is 2.25. The van der Waals surface area contributed by atoms with Gasteiger partial charge < -0.3 is 10.6 Å². The highest BCUT2D eigenvalue weighted by molar-refractivity contribution is 9.10. The third kappa shape index (κ3) is 2.16. The van der Waals surface area contributed by atoms with Crippen molar-refractivity contribution in [1.82, 2.24) is 5.32 Å². The van der Waals surface area contributed by atoms with Gasteiger partial charge in [0, 0.05) is 23.2 Å². The Kier molecular flexibility index (Phi) is 2.77. The first kappa shape index (κ1) is 9.31. The molecule has 4 heteroatoms. The van der Waals surface area contributed by atoms with Gasteiger partial charge in [-0.3, -0.25) is 0 Å². The molecule has 1 aliphatic rings. The van der Waals surface area contributed by atoms with Crippen LogP contribution >= 0.6 is 27.5 Å². The summed E-state index contributed by atoms with van der Waals surface area (Å²) in [5, 5.41) is 7.35. The van der Waals surface area contributed by atoms with Crippen LogP contribution in [-0.2, 0) is 0 Å². The number of rotatable bonds is 2. The summed E-state index contributed by atoms with van der Waals surface area (Å²) in [6, 6.07) is 6.44. The summed E-state index contributed by atoms with van der Waals surface area (Å²) >= 11 is 9.27. The van der Waals surface area contributed by atoms with Gasteiger partial charge in [-0.25, -0.2) is 0 Å². The lowest BCUT2D eigenvalue weighted by atomic mass is 10.1. The van der Waals surface area contributed by atoms with Gasteiger partial charge in [0.05, 0.1) is 11.1 Å². The molecule has 1 aliphatic heterocycles. The lowest BCUT2D eigenvalue weighted by molar-refractivity contribution is 0.472. The smallest absolute Gasteiger partial charge is 0.0549 e. The van der Waals surface area contributed by atoms with E-state index >= 15 is 0 Å². The Morgan fingerprint density at radius 3 is 2.77 bits per heavy atom. The van der Waals surface area contributed by atoms with Gasteiger partial charge in [0.25, 0.3) is 0 Å². The van der Waals surface area contributed by atoms with Crippen molar-refractivity contribution in [2.45, 2.75) is 6.04 Å². The molecule has 0 aromatic heterocycles. The van der Waals surface area contributed by atoms with Gasteiger partial charge in [-0.05, 0) is 34.1 Å². The van der Waals surface area contributed by atoms with Crippen LogP contribution in [0.4, 0.5) is 5.69 Å². The molecule has 0 unspecified atom stereocenters. The van der Waals surface area contributed by atoms with E-state index < -0.39 is 0 Å². The van der Waals surface area contributed by atoms with Gasteiger partial charge in [-0.1, -0.05) is 11.6 Å². The van der Waals surface area contributed by atoms with Crippen LogP contribution in [0.25, 0.3) is 0 Å². The summed E-state index contributed by atoms with van der Waals surface area (Å²) in [6.45, 7) is 2.08. The maximum Gasteiger partial charge on any atom is 0.0549 e. The number of hydrogen-bond acceptors (Lipinski definition) is 2. The van der Waals surface area contributed by atoms with Crippen molar-refractivity contribution >= 4 is 33.2 Å². The second-order valence-corrected chi connectivity index (χ2v) is 4.39. The summed E-state index contributed by atoms with van der Waals surface area (Å²) in [5.41, 5.74) is 1.11. The molecule has 1 aromatic carbocycles. The molecule has 0 aliphatic carbocycles. The predicted molar refractivity (Wildman–Crippen MR) is 59.4 cm³/mol. The first-order chi connectivity index (χ1) is 6.25. The molecule has 0 spiro atoms. The number of nitrogens with one attached hydrogen (secondary N) is 2. The Balaban J connectivity index is 2.07. The molecule has 1 fully saturated rings. The fourth-order valence-corrected chi connectivity index (χ4v) is 1.71. The van der Waals surface area contributed by atoms with Crippen molar-refractivity contribution in [1.29, 1.82) is 0 Å². The van der Waals surface area contributed by atoms with Crippen LogP contribution in [0.3, 0.4) is 0 Å². The van der Waals surface area contributed by atoms with E-state index in [9.17, 15) is 0 Å². The molecular formula is C9H10BrClN2. The van der Waals surface area contributed by atoms with E-state index in [-0.39, 0.29) is 0 Å².